The Balaban J connectivity index is 0.000000441. The van der Waals surface area contributed by atoms with Crippen LogP contribution in [0.2, 0.25) is 0 Å². The van der Waals surface area contributed by atoms with E-state index in [-0.39, 0.29) is 23.9 Å². The highest BCUT2D eigenvalue weighted by molar-refractivity contribution is 5.96. The van der Waals surface area contributed by atoms with Crippen LogP contribution < -0.4 is 26.7 Å². The molecule has 1 aromatic rings. The summed E-state index contributed by atoms with van der Waals surface area (Å²) in [6.45, 7) is 20.2. The van der Waals surface area contributed by atoms with Gasteiger partial charge < -0.3 is 26.0 Å². The van der Waals surface area contributed by atoms with Crippen LogP contribution in [0.1, 0.15) is 82.3 Å². The van der Waals surface area contributed by atoms with E-state index in [2.05, 4.69) is 52.0 Å². The third kappa shape index (κ3) is 8.20. The van der Waals surface area contributed by atoms with Crippen molar-refractivity contribution >= 4 is 17.6 Å². The lowest BCUT2D eigenvalue weighted by molar-refractivity contribution is -0.532. The molecule has 2 fully saturated rings. The number of aryl methyl sites for hydroxylation is 1. The van der Waals surface area contributed by atoms with Crippen LogP contribution in [-0.4, -0.2) is 71.0 Å². The number of benzene rings is 1. The molecule has 2 saturated heterocycles. The SMILES string of the molecule is C=C(/C=C\C=C/C)C(=O)NC.C=C1NC(C)C([NH+]=C(N)CC)C2(C)C(O)C(NC(=O)c3cccc4c3CCCC4)CN12.CC. The average Bonchev–Trinajstić information content (AvgIpc) is 3.29. The predicted molar refractivity (Wildman–Crippen MR) is 180 cm³/mol. The number of nitrogens with two attached hydrogens (primary N) is 1. The standard InChI is InChI=1S/C24H35N5O2.C9H13NO.C2H6/c1-5-20(25)28-21-14(2)26-15(3)29-13-19(22(30)24(21,29)4)27-23(31)18-12-8-10-16-9-6-7-11-17(16)18;1-4-5-6-7-8(2)9(11)10-3;1-2/h8,10,12,14,19,21-22,26,30H,3,5-7,9,11,13H2,1-2,4H3,(H2,25,28)(H,27,31);4-7H,2H2,1,3H3,(H,10,11);1-2H3/p+1/b;5-4-,7-6-;. The molecule has 2 amide bonds. The zero-order valence-electron chi connectivity index (χ0n) is 27.8. The summed E-state index contributed by atoms with van der Waals surface area (Å²) in [7, 11) is 1.58. The first-order valence-electron chi connectivity index (χ1n) is 15.9. The van der Waals surface area contributed by atoms with Gasteiger partial charge in [0, 0.05) is 31.1 Å². The number of carbonyl (C=O) groups excluding carboxylic acids is 2. The van der Waals surface area contributed by atoms with Gasteiger partial charge >= 0.3 is 0 Å². The number of amides is 2. The zero-order chi connectivity index (χ0) is 33.0. The maximum atomic E-state index is 13.3. The minimum absolute atomic E-state index is 0.0177. The third-order valence-corrected chi connectivity index (χ3v) is 8.59. The lowest BCUT2D eigenvalue weighted by atomic mass is 9.80. The summed E-state index contributed by atoms with van der Waals surface area (Å²) in [6.07, 6.45) is 11.3. The van der Waals surface area contributed by atoms with E-state index in [1.165, 1.54) is 12.0 Å². The highest BCUT2D eigenvalue weighted by Crippen LogP contribution is 2.38. The number of hydrogen-bond donors (Lipinski definition) is 6. The number of amidine groups is 1. The van der Waals surface area contributed by atoms with Crippen molar-refractivity contribution in [3.05, 3.63) is 83.7 Å². The van der Waals surface area contributed by atoms with Crippen LogP contribution in [-0.2, 0) is 17.6 Å². The number of nitrogens with zero attached hydrogens (tertiary/aromatic N) is 1. The van der Waals surface area contributed by atoms with E-state index in [0.29, 0.717) is 24.4 Å². The molecule has 0 bridgehead atoms. The number of carbonyl (C=O) groups is 2. The van der Waals surface area contributed by atoms with Crippen LogP contribution in [0, 0.1) is 0 Å². The van der Waals surface area contributed by atoms with Crippen LogP contribution >= 0.6 is 0 Å². The molecular weight excluding hydrogens is 552 g/mol. The van der Waals surface area contributed by atoms with Gasteiger partial charge in [-0.3, -0.25) is 20.3 Å². The Bertz CT molecular complexity index is 1270. The molecule has 0 spiro atoms. The lowest BCUT2D eigenvalue weighted by Gasteiger charge is -2.49. The first kappa shape index (κ1) is 36.3. The second-order valence-electron chi connectivity index (χ2n) is 11.4. The maximum absolute atomic E-state index is 13.3. The van der Waals surface area contributed by atoms with Gasteiger partial charge in [-0.2, -0.15) is 0 Å². The minimum Gasteiger partial charge on any atom is -0.388 e. The van der Waals surface area contributed by atoms with Crippen LogP contribution in [0.5, 0.6) is 0 Å². The Morgan fingerprint density at radius 2 is 1.93 bits per heavy atom. The number of aliphatic hydroxyl groups excluding tert-OH is 1. The first-order chi connectivity index (χ1) is 21.0. The minimum atomic E-state index is -0.778. The number of hydrogen-bond acceptors (Lipinski definition) is 5. The van der Waals surface area contributed by atoms with Gasteiger partial charge in [0.05, 0.1) is 17.9 Å². The summed E-state index contributed by atoms with van der Waals surface area (Å²) in [6, 6.07) is 5.46. The fourth-order valence-corrected chi connectivity index (χ4v) is 6.20. The Morgan fingerprint density at radius 3 is 2.57 bits per heavy atom. The summed E-state index contributed by atoms with van der Waals surface area (Å²) in [5, 5.41) is 20.5. The molecule has 3 aliphatic rings. The predicted octanol–water partition coefficient (Wildman–Crippen LogP) is 2.23. The molecule has 2 aliphatic heterocycles. The van der Waals surface area contributed by atoms with Gasteiger partial charge in [-0.15, -0.1) is 0 Å². The van der Waals surface area contributed by atoms with Crippen LogP contribution in [0.4, 0.5) is 0 Å². The van der Waals surface area contributed by atoms with Crippen LogP contribution in [0.25, 0.3) is 0 Å². The number of fused-ring (bicyclic) bond motifs is 2. The van der Waals surface area contributed by atoms with Gasteiger partial charge in [0.25, 0.3) is 5.91 Å². The van der Waals surface area contributed by atoms with Gasteiger partial charge in [0.1, 0.15) is 17.7 Å². The smallest absolute Gasteiger partial charge is 0.251 e. The first-order valence-corrected chi connectivity index (χ1v) is 15.9. The molecule has 44 heavy (non-hydrogen) atoms. The molecule has 1 aliphatic carbocycles. The molecule has 1 aromatic carbocycles. The molecule has 0 aromatic heterocycles. The van der Waals surface area contributed by atoms with E-state index < -0.39 is 17.7 Å². The van der Waals surface area contributed by atoms with E-state index in [1.54, 1.807) is 19.2 Å². The molecule has 242 valence electrons. The molecule has 4 rings (SSSR count). The molecule has 5 atom stereocenters. The van der Waals surface area contributed by atoms with Gasteiger partial charge in [-0.1, -0.05) is 70.4 Å². The van der Waals surface area contributed by atoms with Gasteiger partial charge in [0.2, 0.25) is 11.7 Å². The van der Waals surface area contributed by atoms with Crippen molar-refractivity contribution in [2.45, 2.75) is 103 Å². The quantitative estimate of drug-likeness (QED) is 0.122. The summed E-state index contributed by atoms with van der Waals surface area (Å²) in [4.78, 5) is 29.6. The number of aliphatic hydroxyl groups is 1. The number of rotatable bonds is 7. The van der Waals surface area contributed by atoms with Crippen LogP contribution in [0.15, 0.2) is 67.1 Å². The average molecular weight is 608 g/mol. The van der Waals surface area contributed by atoms with E-state index in [1.807, 2.05) is 58.9 Å². The second kappa shape index (κ2) is 16.9. The van der Waals surface area contributed by atoms with Gasteiger partial charge in [-0.25, -0.2) is 0 Å². The maximum Gasteiger partial charge on any atom is 0.251 e. The summed E-state index contributed by atoms with van der Waals surface area (Å²) < 4.78 is 0. The van der Waals surface area contributed by atoms with Gasteiger partial charge in [-0.05, 0) is 63.6 Å². The number of nitrogens with one attached hydrogen (secondary N) is 4. The fourth-order valence-electron chi connectivity index (χ4n) is 6.20. The van der Waals surface area contributed by atoms with Crippen molar-refractivity contribution in [1.29, 1.82) is 0 Å². The van der Waals surface area contributed by atoms with Crippen molar-refractivity contribution in [2.24, 2.45) is 5.73 Å². The normalized spacial score (nSPS) is 26.0. The van der Waals surface area contributed by atoms with E-state index in [0.717, 1.165) is 36.2 Å². The molecule has 0 saturated carbocycles. The fraction of sp³-hybridized carbons (Fsp3) is 0.514. The summed E-state index contributed by atoms with van der Waals surface area (Å²) in [5.74, 6) is 1.19. The third-order valence-electron chi connectivity index (χ3n) is 8.59. The van der Waals surface area contributed by atoms with Crippen molar-refractivity contribution in [3.63, 3.8) is 0 Å². The van der Waals surface area contributed by atoms with Crippen molar-refractivity contribution in [3.8, 4) is 0 Å². The Kier molecular flexibility index (Phi) is 13.9. The van der Waals surface area contributed by atoms with Gasteiger partial charge in [0.15, 0.2) is 0 Å². The summed E-state index contributed by atoms with van der Waals surface area (Å²) >= 11 is 0. The molecule has 2 heterocycles. The van der Waals surface area contributed by atoms with E-state index in [4.69, 9.17) is 5.73 Å². The Morgan fingerprint density at radius 1 is 1.25 bits per heavy atom. The molecule has 0 radical (unpaired) electrons. The molecular formula is C35H55N6O3+. The van der Waals surface area contributed by atoms with E-state index in [9.17, 15) is 14.7 Å². The summed E-state index contributed by atoms with van der Waals surface area (Å²) in [5.41, 5.74) is 9.11. The molecule has 7 N–H and O–H groups in total. The molecule has 9 nitrogen and oxygen atoms in total. The zero-order valence-corrected chi connectivity index (χ0v) is 27.8. The van der Waals surface area contributed by atoms with Crippen molar-refractivity contribution < 1.29 is 19.7 Å². The largest absolute Gasteiger partial charge is 0.388 e. The monoisotopic (exact) mass is 607 g/mol. The lowest BCUT2D eigenvalue weighted by Crippen LogP contribution is -2.94. The Labute approximate surface area is 264 Å². The number of allylic oxidation sites excluding steroid dienone is 3. The van der Waals surface area contributed by atoms with Crippen LogP contribution in [0.3, 0.4) is 0 Å². The highest BCUT2D eigenvalue weighted by atomic mass is 16.3. The topological polar surface area (TPSA) is 134 Å². The number of likely N-dealkylation sites (N-methyl/N-ethyl adjacent to an activating group) is 1. The van der Waals surface area contributed by atoms with Crippen molar-refractivity contribution in [1.82, 2.24) is 20.9 Å². The van der Waals surface area contributed by atoms with E-state index >= 15 is 0 Å². The highest BCUT2D eigenvalue weighted by Gasteiger charge is 2.60. The molecule has 9 heteroatoms. The Hall–Kier alpha value is -3.85. The molecule has 5 unspecified atom stereocenters. The van der Waals surface area contributed by atoms with Crippen molar-refractivity contribution in [2.75, 3.05) is 13.6 Å². The second-order valence-corrected chi connectivity index (χ2v) is 11.4.